The fourth-order valence-electron chi connectivity index (χ4n) is 1.58. The summed E-state index contributed by atoms with van der Waals surface area (Å²) in [5.74, 6) is -0.379. The maximum atomic E-state index is 13.8. The minimum absolute atomic E-state index is 0.0492. The van der Waals surface area contributed by atoms with Gasteiger partial charge in [-0.2, -0.15) is 5.26 Å². The third kappa shape index (κ3) is 3.18. The van der Waals surface area contributed by atoms with Crippen LogP contribution in [0.1, 0.15) is 31.9 Å². The lowest BCUT2D eigenvalue weighted by Gasteiger charge is -2.26. The second kappa shape index (κ2) is 5.65. The van der Waals surface area contributed by atoms with Crippen molar-refractivity contribution in [3.8, 4) is 6.07 Å². The van der Waals surface area contributed by atoms with E-state index in [1.54, 1.807) is 31.0 Å². The lowest BCUT2D eigenvalue weighted by molar-refractivity contribution is 0.199. The van der Waals surface area contributed by atoms with Crippen molar-refractivity contribution in [3.63, 3.8) is 0 Å². The molecule has 0 fully saturated rings. The van der Waals surface area contributed by atoms with Gasteiger partial charge in [-0.25, -0.2) is 4.39 Å². The van der Waals surface area contributed by atoms with E-state index in [2.05, 4.69) is 6.07 Å². The Morgan fingerprint density at radius 1 is 1.47 bits per heavy atom. The number of anilines is 1. The first-order chi connectivity index (χ1) is 7.97. The van der Waals surface area contributed by atoms with E-state index in [0.29, 0.717) is 17.7 Å². The van der Waals surface area contributed by atoms with Gasteiger partial charge in [0.1, 0.15) is 5.82 Å². The molecule has 0 bridgehead atoms. The molecule has 0 aliphatic rings. The third-order valence-corrected chi connectivity index (χ3v) is 2.88. The van der Waals surface area contributed by atoms with E-state index >= 15 is 0 Å². The van der Waals surface area contributed by atoms with Crippen LogP contribution >= 0.6 is 0 Å². The molecule has 1 aromatic carbocycles. The molecule has 0 aromatic heterocycles. The van der Waals surface area contributed by atoms with Crippen LogP contribution in [0.5, 0.6) is 0 Å². The summed E-state index contributed by atoms with van der Waals surface area (Å²) in [6.07, 6.45) is -0.339. The van der Waals surface area contributed by atoms with E-state index < -0.39 is 6.10 Å². The maximum absolute atomic E-state index is 13.8. The molecule has 0 amide bonds. The number of benzene rings is 1. The lowest BCUT2D eigenvalue weighted by atomic mass is 10.1. The van der Waals surface area contributed by atoms with Crippen molar-refractivity contribution in [2.75, 3.05) is 11.9 Å². The second-order valence-corrected chi connectivity index (χ2v) is 4.21. The Balaban J connectivity index is 2.96. The quantitative estimate of drug-likeness (QED) is 0.874. The van der Waals surface area contributed by atoms with Crippen LogP contribution < -0.4 is 4.90 Å². The molecule has 1 unspecified atom stereocenters. The number of aliphatic hydroxyl groups excluding tert-OH is 1. The normalized spacial score (nSPS) is 13.9. The van der Waals surface area contributed by atoms with Crippen LogP contribution in [0.2, 0.25) is 0 Å². The summed E-state index contributed by atoms with van der Waals surface area (Å²) in [6.45, 7) is 3.46. The van der Waals surface area contributed by atoms with Gasteiger partial charge in [-0.3, -0.25) is 0 Å². The molecule has 0 saturated carbocycles. The minimum Gasteiger partial charge on any atom is -0.389 e. The van der Waals surface area contributed by atoms with Crippen LogP contribution in [0, 0.1) is 17.1 Å². The fraction of sp³-hybridized carbons (Fsp3) is 0.462. The zero-order valence-electron chi connectivity index (χ0n) is 10.3. The van der Waals surface area contributed by atoms with Crippen LogP contribution in [0.15, 0.2) is 18.2 Å². The van der Waals surface area contributed by atoms with Crippen LogP contribution in [-0.2, 0) is 0 Å². The van der Waals surface area contributed by atoms with E-state index in [9.17, 15) is 9.50 Å². The van der Waals surface area contributed by atoms with Crippen molar-refractivity contribution in [3.05, 3.63) is 29.6 Å². The Kier molecular flexibility index (Phi) is 4.47. The first-order valence-electron chi connectivity index (χ1n) is 5.54. The molecule has 92 valence electrons. The van der Waals surface area contributed by atoms with Crippen molar-refractivity contribution in [2.45, 2.75) is 32.4 Å². The van der Waals surface area contributed by atoms with Gasteiger partial charge in [0.05, 0.1) is 24.3 Å². The molecule has 0 radical (unpaired) electrons. The van der Waals surface area contributed by atoms with Gasteiger partial charge in [-0.1, -0.05) is 6.07 Å². The topological polar surface area (TPSA) is 47.3 Å². The summed E-state index contributed by atoms with van der Waals surface area (Å²) >= 11 is 0. The standard InChI is InChI=1S/C13H17FN2O/c1-9(6-7-15)16(3)13-5-4-11(10(2)17)8-12(13)14/h4-5,8-10,17H,6H2,1-3H3/t9?,10-/m1/s1. The number of halogens is 1. The van der Waals surface area contributed by atoms with E-state index in [-0.39, 0.29) is 11.9 Å². The summed E-state index contributed by atoms with van der Waals surface area (Å²) < 4.78 is 13.8. The van der Waals surface area contributed by atoms with Crippen LogP contribution in [0.4, 0.5) is 10.1 Å². The van der Waals surface area contributed by atoms with Gasteiger partial charge < -0.3 is 10.0 Å². The number of nitrogens with zero attached hydrogens (tertiary/aromatic N) is 2. The maximum Gasteiger partial charge on any atom is 0.146 e. The average Bonchev–Trinajstić information content (AvgIpc) is 2.28. The molecule has 0 aliphatic heterocycles. The van der Waals surface area contributed by atoms with Crippen LogP contribution in [-0.4, -0.2) is 18.2 Å². The number of hydrogen-bond donors (Lipinski definition) is 1. The zero-order valence-corrected chi connectivity index (χ0v) is 10.3. The highest BCUT2D eigenvalue weighted by molar-refractivity contribution is 5.49. The van der Waals surface area contributed by atoms with Crippen molar-refractivity contribution in [1.29, 1.82) is 5.26 Å². The van der Waals surface area contributed by atoms with Crippen LogP contribution in [0.3, 0.4) is 0 Å². The first kappa shape index (κ1) is 13.5. The van der Waals surface area contributed by atoms with Crippen molar-refractivity contribution in [1.82, 2.24) is 0 Å². The van der Waals surface area contributed by atoms with Crippen molar-refractivity contribution >= 4 is 5.69 Å². The van der Waals surface area contributed by atoms with Crippen molar-refractivity contribution in [2.24, 2.45) is 0 Å². The Labute approximate surface area is 101 Å². The zero-order chi connectivity index (χ0) is 13.0. The molecule has 1 rings (SSSR count). The van der Waals surface area contributed by atoms with Gasteiger partial charge in [0.25, 0.3) is 0 Å². The second-order valence-electron chi connectivity index (χ2n) is 4.21. The molecule has 0 heterocycles. The number of aliphatic hydroxyl groups is 1. The lowest BCUT2D eigenvalue weighted by Crippen LogP contribution is -2.29. The van der Waals surface area contributed by atoms with Gasteiger partial charge in [0.2, 0.25) is 0 Å². The fourth-order valence-corrected chi connectivity index (χ4v) is 1.58. The summed E-state index contributed by atoms with van der Waals surface area (Å²) in [5.41, 5.74) is 0.990. The highest BCUT2D eigenvalue weighted by Gasteiger charge is 2.14. The summed E-state index contributed by atoms with van der Waals surface area (Å²) in [4.78, 5) is 1.73. The van der Waals surface area contributed by atoms with E-state index in [1.807, 2.05) is 6.92 Å². The number of nitriles is 1. The van der Waals surface area contributed by atoms with Crippen LogP contribution in [0.25, 0.3) is 0 Å². The Bertz CT molecular complexity index is 426. The molecule has 1 N–H and O–H groups in total. The Morgan fingerprint density at radius 2 is 2.12 bits per heavy atom. The van der Waals surface area contributed by atoms with Gasteiger partial charge in [0.15, 0.2) is 0 Å². The largest absolute Gasteiger partial charge is 0.389 e. The van der Waals surface area contributed by atoms with Gasteiger partial charge in [0, 0.05) is 13.1 Å². The van der Waals surface area contributed by atoms with E-state index in [0.717, 1.165) is 0 Å². The predicted molar refractivity (Wildman–Crippen MR) is 65.1 cm³/mol. The molecule has 0 saturated heterocycles. The van der Waals surface area contributed by atoms with Gasteiger partial charge in [-0.15, -0.1) is 0 Å². The smallest absolute Gasteiger partial charge is 0.146 e. The molecule has 0 aliphatic carbocycles. The molecule has 17 heavy (non-hydrogen) atoms. The highest BCUT2D eigenvalue weighted by Crippen LogP contribution is 2.24. The van der Waals surface area contributed by atoms with E-state index in [4.69, 9.17) is 5.26 Å². The van der Waals surface area contributed by atoms with E-state index in [1.165, 1.54) is 6.07 Å². The summed E-state index contributed by atoms with van der Waals surface area (Å²) in [6, 6.07) is 6.67. The highest BCUT2D eigenvalue weighted by atomic mass is 19.1. The summed E-state index contributed by atoms with van der Waals surface area (Å²) in [5, 5.41) is 18.0. The monoisotopic (exact) mass is 236 g/mol. The molecule has 4 heteroatoms. The molecule has 2 atom stereocenters. The predicted octanol–water partition coefficient (Wildman–Crippen LogP) is 2.62. The molecule has 1 aromatic rings. The SMILES string of the molecule is CC(CC#N)N(C)c1ccc([C@@H](C)O)cc1F. The number of rotatable bonds is 4. The Morgan fingerprint density at radius 3 is 2.59 bits per heavy atom. The summed E-state index contributed by atoms with van der Waals surface area (Å²) in [7, 11) is 1.75. The average molecular weight is 236 g/mol. The van der Waals surface area contributed by atoms with Gasteiger partial charge in [-0.05, 0) is 31.5 Å². The minimum atomic E-state index is -0.680. The molecule has 3 nitrogen and oxygen atoms in total. The third-order valence-electron chi connectivity index (χ3n) is 2.88. The molecule has 0 spiro atoms. The number of hydrogen-bond acceptors (Lipinski definition) is 3. The molecular formula is C13H17FN2O. The Hall–Kier alpha value is -1.60. The molecular weight excluding hydrogens is 219 g/mol. The first-order valence-corrected chi connectivity index (χ1v) is 5.54. The van der Waals surface area contributed by atoms with Gasteiger partial charge >= 0.3 is 0 Å². The van der Waals surface area contributed by atoms with Crippen molar-refractivity contribution < 1.29 is 9.50 Å².